The highest BCUT2D eigenvalue weighted by Crippen LogP contribution is 2.33. The Morgan fingerprint density at radius 2 is 1.55 bits per heavy atom. The van der Waals surface area contributed by atoms with Crippen LogP contribution in [0.5, 0.6) is 0 Å². The third-order valence-electron chi connectivity index (χ3n) is 6.44. The lowest BCUT2D eigenvalue weighted by Crippen LogP contribution is -2.54. The van der Waals surface area contributed by atoms with Crippen molar-refractivity contribution in [3.05, 3.63) is 29.8 Å². The molecule has 0 radical (unpaired) electrons. The van der Waals surface area contributed by atoms with E-state index in [0.717, 1.165) is 32.2 Å². The fourth-order valence-electron chi connectivity index (χ4n) is 4.40. The number of sulfonamides is 1. The molecule has 3 aliphatic rings. The summed E-state index contributed by atoms with van der Waals surface area (Å²) in [5.74, 6) is -0.0322. The zero-order valence-corrected chi connectivity index (χ0v) is 18.6. The summed E-state index contributed by atoms with van der Waals surface area (Å²) in [4.78, 5) is 40.7. The van der Waals surface area contributed by atoms with Crippen LogP contribution in [0.3, 0.4) is 0 Å². The van der Waals surface area contributed by atoms with Crippen molar-refractivity contribution >= 4 is 27.6 Å². The minimum Gasteiger partial charge on any atom is -0.342 e. The summed E-state index contributed by atoms with van der Waals surface area (Å²) in [6.07, 6.45) is 3.51. The van der Waals surface area contributed by atoms with E-state index < -0.39 is 10.0 Å². The summed E-state index contributed by atoms with van der Waals surface area (Å²) in [5.41, 5.74) is 0.359. The zero-order valence-electron chi connectivity index (χ0n) is 17.8. The van der Waals surface area contributed by atoms with Crippen LogP contribution >= 0.6 is 0 Å². The van der Waals surface area contributed by atoms with E-state index in [4.69, 9.17) is 0 Å². The molecular weight excluding hydrogens is 418 g/mol. The van der Waals surface area contributed by atoms with Gasteiger partial charge < -0.3 is 9.80 Å². The van der Waals surface area contributed by atoms with Gasteiger partial charge in [0.25, 0.3) is 0 Å². The molecule has 3 fully saturated rings. The van der Waals surface area contributed by atoms with Gasteiger partial charge in [-0.05, 0) is 44.7 Å². The molecule has 2 amide bonds. The largest absolute Gasteiger partial charge is 0.342 e. The summed E-state index contributed by atoms with van der Waals surface area (Å²) >= 11 is 0. The third-order valence-corrected chi connectivity index (χ3v) is 8.33. The molecule has 0 aromatic heterocycles. The zero-order chi connectivity index (χ0) is 22.2. The van der Waals surface area contributed by atoms with Crippen LogP contribution in [0.4, 0.5) is 0 Å². The number of rotatable bonds is 5. The van der Waals surface area contributed by atoms with Crippen LogP contribution in [-0.4, -0.2) is 79.4 Å². The fraction of sp³-hybridized carbons (Fsp3) is 0.591. The first-order valence-electron chi connectivity index (χ1n) is 11.0. The van der Waals surface area contributed by atoms with Crippen molar-refractivity contribution in [2.24, 2.45) is 11.8 Å². The third kappa shape index (κ3) is 4.67. The molecule has 1 aromatic carbocycles. The number of benzene rings is 1. The molecule has 0 spiro atoms. The van der Waals surface area contributed by atoms with Crippen molar-refractivity contribution in [2.45, 2.75) is 37.5 Å². The van der Waals surface area contributed by atoms with Crippen molar-refractivity contribution in [1.82, 2.24) is 14.1 Å². The van der Waals surface area contributed by atoms with E-state index in [-0.39, 0.29) is 47.4 Å². The normalized spacial score (nSPS) is 22.9. The van der Waals surface area contributed by atoms with E-state index in [1.807, 2.05) is 4.90 Å². The fourth-order valence-corrected chi connectivity index (χ4v) is 5.87. The highest BCUT2D eigenvalue weighted by molar-refractivity contribution is 7.89. The number of ketones is 1. The van der Waals surface area contributed by atoms with Gasteiger partial charge in [0.2, 0.25) is 21.8 Å². The molecule has 8 nitrogen and oxygen atoms in total. The molecule has 0 bridgehead atoms. The lowest BCUT2D eigenvalue weighted by atomic mass is 9.96. The topological polar surface area (TPSA) is 95.1 Å². The standard InChI is InChI=1S/C22H29N3O5S/c1-16(26)18-4-2-6-20(14-18)31(29,30)25-12-10-23(11-13-25)22(28)19-5-3-9-24(15-19)21(27)17-7-8-17/h2,4,6,14,17,19H,3,5,7-13,15H2,1H3. The van der Waals surface area contributed by atoms with Crippen LogP contribution in [0, 0.1) is 11.8 Å². The molecule has 1 aliphatic carbocycles. The Bertz CT molecular complexity index is 981. The van der Waals surface area contributed by atoms with Crippen LogP contribution in [-0.2, 0) is 19.6 Å². The molecule has 2 saturated heterocycles. The molecule has 2 heterocycles. The van der Waals surface area contributed by atoms with Gasteiger partial charge in [0.05, 0.1) is 10.8 Å². The molecule has 4 rings (SSSR count). The van der Waals surface area contributed by atoms with Crippen molar-refractivity contribution < 1.29 is 22.8 Å². The Morgan fingerprint density at radius 1 is 0.871 bits per heavy atom. The summed E-state index contributed by atoms with van der Waals surface area (Å²) in [6.45, 7) is 3.70. The maximum atomic E-state index is 13.0. The van der Waals surface area contributed by atoms with Gasteiger partial charge in [0, 0.05) is 50.7 Å². The van der Waals surface area contributed by atoms with E-state index in [9.17, 15) is 22.8 Å². The lowest BCUT2D eigenvalue weighted by Gasteiger charge is -2.38. The number of piperidine rings is 1. The first-order valence-corrected chi connectivity index (χ1v) is 12.4. The smallest absolute Gasteiger partial charge is 0.243 e. The molecule has 168 valence electrons. The minimum atomic E-state index is -3.72. The first-order chi connectivity index (χ1) is 14.8. The maximum Gasteiger partial charge on any atom is 0.243 e. The second-order valence-corrected chi connectivity index (χ2v) is 10.6. The molecule has 1 saturated carbocycles. The Hall–Kier alpha value is -2.26. The van der Waals surface area contributed by atoms with Gasteiger partial charge in [-0.25, -0.2) is 8.42 Å². The maximum absolute atomic E-state index is 13.0. The second-order valence-electron chi connectivity index (χ2n) is 8.71. The van der Waals surface area contributed by atoms with Gasteiger partial charge in [-0.1, -0.05) is 12.1 Å². The van der Waals surface area contributed by atoms with E-state index in [1.54, 1.807) is 17.0 Å². The van der Waals surface area contributed by atoms with Crippen molar-refractivity contribution in [3.63, 3.8) is 0 Å². The summed E-state index contributed by atoms with van der Waals surface area (Å²) in [7, 11) is -3.72. The van der Waals surface area contributed by atoms with Crippen molar-refractivity contribution in [3.8, 4) is 0 Å². The predicted octanol–water partition coefficient (Wildman–Crippen LogP) is 1.37. The van der Waals surface area contributed by atoms with Crippen LogP contribution in [0.2, 0.25) is 0 Å². The van der Waals surface area contributed by atoms with Crippen molar-refractivity contribution in [1.29, 1.82) is 0 Å². The second kappa shape index (κ2) is 8.70. The summed E-state index contributed by atoms with van der Waals surface area (Å²) < 4.78 is 27.4. The number of hydrogen-bond donors (Lipinski definition) is 0. The lowest BCUT2D eigenvalue weighted by molar-refractivity contribution is -0.142. The average Bonchev–Trinajstić information content (AvgIpc) is 3.64. The van der Waals surface area contributed by atoms with Gasteiger partial charge in [-0.15, -0.1) is 0 Å². The first kappa shape index (κ1) is 22.0. The number of likely N-dealkylation sites (tertiary alicyclic amines) is 1. The van der Waals surface area contributed by atoms with Gasteiger partial charge >= 0.3 is 0 Å². The number of carbonyl (C=O) groups excluding carboxylic acids is 3. The number of nitrogens with zero attached hydrogens (tertiary/aromatic N) is 3. The van der Waals surface area contributed by atoms with E-state index in [1.165, 1.54) is 23.4 Å². The highest BCUT2D eigenvalue weighted by atomic mass is 32.2. The monoisotopic (exact) mass is 447 g/mol. The van der Waals surface area contributed by atoms with Gasteiger partial charge in [-0.3, -0.25) is 14.4 Å². The molecule has 2 aliphatic heterocycles. The number of carbonyl (C=O) groups is 3. The number of hydrogen-bond acceptors (Lipinski definition) is 5. The van der Waals surface area contributed by atoms with E-state index >= 15 is 0 Å². The molecule has 1 unspecified atom stereocenters. The Labute approximate surface area is 183 Å². The molecule has 1 aromatic rings. The van der Waals surface area contributed by atoms with Crippen LogP contribution in [0.15, 0.2) is 29.2 Å². The molecule has 1 atom stereocenters. The predicted molar refractivity (Wildman–Crippen MR) is 114 cm³/mol. The Morgan fingerprint density at radius 3 is 2.19 bits per heavy atom. The van der Waals surface area contributed by atoms with Crippen molar-refractivity contribution in [2.75, 3.05) is 39.3 Å². The summed E-state index contributed by atoms with van der Waals surface area (Å²) in [6, 6.07) is 6.07. The molecular formula is C22H29N3O5S. The minimum absolute atomic E-state index is 0.0175. The van der Waals surface area contributed by atoms with Crippen LogP contribution in [0.1, 0.15) is 43.0 Å². The van der Waals surface area contributed by atoms with E-state index in [2.05, 4.69) is 0 Å². The highest BCUT2D eigenvalue weighted by Gasteiger charge is 2.38. The SMILES string of the molecule is CC(=O)c1cccc(S(=O)(=O)N2CCN(C(=O)C3CCCN(C(=O)C4CC4)C3)CC2)c1. The van der Waals surface area contributed by atoms with Crippen LogP contribution in [0.25, 0.3) is 0 Å². The Balaban J connectivity index is 1.36. The van der Waals surface area contributed by atoms with Gasteiger partial charge in [0.1, 0.15) is 0 Å². The van der Waals surface area contributed by atoms with Gasteiger partial charge in [-0.2, -0.15) is 4.31 Å². The molecule has 31 heavy (non-hydrogen) atoms. The number of amides is 2. The Kier molecular flexibility index (Phi) is 6.16. The molecule has 0 N–H and O–H groups in total. The van der Waals surface area contributed by atoms with Crippen LogP contribution < -0.4 is 0 Å². The average molecular weight is 448 g/mol. The van der Waals surface area contributed by atoms with E-state index in [0.29, 0.717) is 25.2 Å². The van der Waals surface area contributed by atoms with Gasteiger partial charge in [0.15, 0.2) is 5.78 Å². The quantitative estimate of drug-likeness (QED) is 0.636. The number of Topliss-reactive ketones (excluding diaryl/α,β-unsaturated/α-hetero) is 1. The summed E-state index contributed by atoms with van der Waals surface area (Å²) in [5, 5.41) is 0. The molecule has 9 heteroatoms. The number of piperazine rings is 1.